The van der Waals surface area contributed by atoms with Crippen LogP contribution in [-0.4, -0.2) is 37.6 Å². The number of carbonyl (C=O) groups excluding carboxylic acids is 1. The maximum atomic E-state index is 13.7. The van der Waals surface area contributed by atoms with Gasteiger partial charge in [0.2, 0.25) is 5.16 Å². The Balaban J connectivity index is 1.42. The molecule has 2 aromatic heterocycles. The number of aryl methyl sites for hydroxylation is 1. The molecule has 2 N–H and O–H groups in total. The summed E-state index contributed by atoms with van der Waals surface area (Å²) in [5.74, 6) is 6.64. The number of ether oxygens (including phenoxy) is 1. The van der Waals surface area contributed by atoms with Crippen LogP contribution in [0.2, 0.25) is 0 Å². The molecule has 0 unspecified atom stereocenters. The van der Waals surface area contributed by atoms with Crippen LogP contribution in [-0.2, 0) is 6.54 Å². The maximum Gasteiger partial charge on any atom is 0.387 e. The summed E-state index contributed by atoms with van der Waals surface area (Å²) in [6.07, 6.45) is 0. The molecule has 0 fully saturated rings. The number of alkyl halides is 2. The third-order valence-electron chi connectivity index (χ3n) is 5.95. The summed E-state index contributed by atoms with van der Waals surface area (Å²) in [6.45, 7) is -0.127. The number of ketones is 1. The van der Waals surface area contributed by atoms with E-state index in [2.05, 4.69) is 26.4 Å². The second kappa shape index (κ2) is 10.4. The molecule has 0 aliphatic rings. The first-order chi connectivity index (χ1) is 18.0. The van der Waals surface area contributed by atoms with Crippen LogP contribution in [0.4, 0.5) is 8.78 Å². The van der Waals surface area contributed by atoms with Crippen molar-refractivity contribution in [1.29, 1.82) is 0 Å². The van der Waals surface area contributed by atoms with E-state index in [4.69, 9.17) is 5.84 Å². The van der Waals surface area contributed by atoms with E-state index >= 15 is 0 Å². The van der Waals surface area contributed by atoms with E-state index < -0.39 is 6.61 Å². The van der Waals surface area contributed by atoms with Crippen LogP contribution in [0.3, 0.4) is 0 Å². The van der Waals surface area contributed by atoms with Crippen LogP contribution >= 0.6 is 11.8 Å². The number of para-hydroxylation sites is 1. The monoisotopic (exact) mass is 519 g/mol. The molecule has 7 nitrogen and oxygen atoms in total. The quantitative estimate of drug-likeness (QED) is 0.149. The van der Waals surface area contributed by atoms with E-state index in [9.17, 15) is 13.6 Å². The average molecular weight is 520 g/mol. The molecule has 2 heterocycles. The van der Waals surface area contributed by atoms with Gasteiger partial charge in [-0.25, -0.2) is 4.68 Å². The molecule has 0 atom stereocenters. The molecule has 0 amide bonds. The number of benzene rings is 3. The molecule has 5 aromatic rings. The van der Waals surface area contributed by atoms with E-state index in [1.54, 1.807) is 12.1 Å². The number of nitrogen functional groups attached to an aromatic ring is 1. The summed E-state index contributed by atoms with van der Waals surface area (Å²) in [4.78, 5) is 13.7. The predicted octanol–water partition coefficient (Wildman–Crippen LogP) is 5.88. The van der Waals surface area contributed by atoms with Gasteiger partial charge in [-0.05, 0) is 42.8 Å². The average Bonchev–Trinajstić information content (AvgIpc) is 3.45. The second-order valence-corrected chi connectivity index (χ2v) is 9.08. The molecular formula is C27H23F2N5O2S. The Kier molecular flexibility index (Phi) is 6.91. The molecule has 0 spiro atoms. The molecule has 5 rings (SSSR count). The SMILES string of the molecule is CCn1c(-c2ccccc2)c(C(=O)CSc2nnc(-c3ccc(OC(F)F)cc3)n2N)c2ccccc21. The number of fused-ring (bicyclic) bond motifs is 1. The van der Waals surface area contributed by atoms with Gasteiger partial charge in [0.25, 0.3) is 0 Å². The van der Waals surface area contributed by atoms with Crippen molar-refractivity contribution in [2.75, 3.05) is 11.6 Å². The lowest BCUT2D eigenvalue weighted by Crippen LogP contribution is -2.13. The van der Waals surface area contributed by atoms with Gasteiger partial charge in [-0.15, -0.1) is 10.2 Å². The minimum Gasteiger partial charge on any atom is -0.435 e. The molecule has 0 saturated carbocycles. The van der Waals surface area contributed by atoms with E-state index in [0.29, 0.717) is 28.7 Å². The lowest BCUT2D eigenvalue weighted by Gasteiger charge is -2.10. The van der Waals surface area contributed by atoms with Gasteiger partial charge in [0.1, 0.15) is 5.75 Å². The Labute approximate surface area is 215 Å². The van der Waals surface area contributed by atoms with Gasteiger partial charge in [0, 0.05) is 23.0 Å². The molecule has 0 bridgehead atoms. The smallest absolute Gasteiger partial charge is 0.387 e. The van der Waals surface area contributed by atoms with Crippen molar-refractivity contribution in [2.45, 2.75) is 25.2 Å². The topological polar surface area (TPSA) is 88.0 Å². The predicted molar refractivity (Wildman–Crippen MR) is 140 cm³/mol. The van der Waals surface area contributed by atoms with Crippen LogP contribution in [0.15, 0.2) is 84.0 Å². The highest BCUT2D eigenvalue weighted by molar-refractivity contribution is 7.99. The van der Waals surface area contributed by atoms with Gasteiger partial charge in [0.15, 0.2) is 11.6 Å². The molecule has 0 aliphatic heterocycles. The lowest BCUT2D eigenvalue weighted by molar-refractivity contribution is -0.0498. The summed E-state index contributed by atoms with van der Waals surface area (Å²) in [5, 5.41) is 9.51. The van der Waals surface area contributed by atoms with Crippen LogP contribution < -0.4 is 10.6 Å². The third-order valence-corrected chi connectivity index (χ3v) is 6.89. The lowest BCUT2D eigenvalue weighted by atomic mass is 10.0. The summed E-state index contributed by atoms with van der Waals surface area (Å²) >= 11 is 1.19. The highest BCUT2D eigenvalue weighted by Gasteiger charge is 2.24. The van der Waals surface area contributed by atoms with Gasteiger partial charge in [0.05, 0.1) is 17.0 Å². The zero-order valence-electron chi connectivity index (χ0n) is 19.8. The van der Waals surface area contributed by atoms with E-state index in [-0.39, 0.29) is 17.3 Å². The fraction of sp³-hybridized carbons (Fsp3) is 0.148. The minimum absolute atomic E-state index is 0.0301. The van der Waals surface area contributed by atoms with Crippen molar-refractivity contribution in [3.63, 3.8) is 0 Å². The Morgan fingerprint density at radius 3 is 2.38 bits per heavy atom. The van der Waals surface area contributed by atoms with E-state index in [1.807, 2.05) is 54.6 Å². The number of halogens is 2. The minimum atomic E-state index is -2.90. The van der Waals surface area contributed by atoms with Crippen molar-refractivity contribution in [3.05, 3.63) is 84.4 Å². The van der Waals surface area contributed by atoms with Crippen molar-refractivity contribution >= 4 is 28.4 Å². The number of hydrogen-bond donors (Lipinski definition) is 1. The van der Waals surface area contributed by atoms with Crippen molar-refractivity contribution in [3.8, 4) is 28.4 Å². The molecule has 188 valence electrons. The van der Waals surface area contributed by atoms with Crippen LogP contribution in [0, 0.1) is 0 Å². The maximum absolute atomic E-state index is 13.7. The van der Waals surface area contributed by atoms with Crippen molar-refractivity contribution in [1.82, 2.24) is 19.4 Å². The highest BCUT2D eigenvalue weighted by Crippen LogP contribution is 2.35. The Hall–Kier alpha value is -4.18. The second-order valence-electron chi connectivity index (χ2n) is 8.14. The van der Waals surface area contributed by atoms with Gasteiger partial charge in [-0.2, -0.15) is 8.78 Å². The Bertz CT molecular complexity index is 1550. The Morgan fingerprint density at radius 2 is 1.68 bits per heavy atom. The van der Waals surface area contributed by atoms with Crippen LogP contribution in [0.5, 0.6) is 5.75 Å². The summed E-state index contributed by atoms with van der Waals surface area (Å²) in [5.41, 5.74) is 4.09. The van der Waals surface area contributed by atoms with Gasteiger partial charge in [-0.3, -0.25) is 4.79 Å². The Morgan fingerprint density at radius 1 is 0.973 bits per heavy atom. The molecule has 0 saturated heterocycles. The fourth-order valence-electron chi connectivity index (χ4n) is 4.37. The highest BCUT2D eigenvalue weighted by atomic mass is 32.2. The number of hydrogen-bond acceptors (Lipinski definition) is 6. The molecule has 0 radical (unpaired) electrons. The van der Waals surface area contributed by atoms with Crippen molar-refractivity contribution in [2.24, 2.45) is 0 Å². The number of nitrogens with zero attached hydrogens (tertiary/aromatic N) is 4. The van der Waals surface area contributed by atoms with Gasteiger partial charge < -0.3 is 15.1 Å². The molecule has 0 aliphatic carbocycles. The van der Waals surface area contributed by atoms with Crippen LogP contribution in [0.1, 0.15) is 17.3 Å². The number of carbonyl (C=O) groups is 1. The van der Waals surface area contributed by atoms with Gasteiger partial charge >= 0.3 is 6.61 Å². The zero-order chi connectivity index (χ0) is 25.9. The van der Waals surface area contributed by atoms with E-state index in [0.717, 1.165) is 22.2 Å². The molecular weight excluding hydrogens is 496 g/mol. The van der Waals surface area contributed by atoms with Crippen molar-refractivity contribution < 1.29 is 18.3 Å². The molecule has 3 aromatic carbocycles. The third kappa shape index (κ3) is 4.79. The first kappa shape index (κ1) is 24.5. The first-order valence-corrected chi connectivity index (χ1v) is 12.5. The molecule has 37 heavy (non-hydrogen) atoms. The summed E-state index contributed by atoms with van der Waals surface area (Å²) in [6, 6.07) is 23.7. The number of nitrogens with two attached hydrogens (primary N) is 1. The summed E-state index contributed by atoms with van der Waals surface area (Å²) < 4.78 is 32.7. The fourth-order valence-corrected chi connectivity index (χ4v) is 5.10. The van der Waals surface area contributed by atoms with Crippen LogP contribution in [0.25, 0.3) is 33.5 Å². The standard InChI is InChI=1S/C27H23F2N5O2S/c1-2-33-21-11-7-6-10-20(21)23(24(33)17-8-4-3-5-9-17)22(35)16-37-27-32-31-25(34(27)30)18-12-14-19(15-13-18)36-26(28)29/h3-15,26H,2,16,30H2,1H3. The van der Waals surface area contributed by atoms with E-state index in [1.165, 1.54) is 28.6 Å². The summed E-state index contributed by atoms with van der Waals surface area (Å²) in [7, 11) is 0. The number of thioether (sulfide) groups is 1. The van der Waals surface area contributed by atoms with Gasteiger partial charge in [-0.1, -0.05) is 60.3 Å². The number of aromatic nitrogens is 4. The first-order valence-electron chi connectivity index (χ1n) is 11.6. The number of rotatable bonds is 9. The largest absolute Gasteiger partial charge is 0.435 e. The number of Topliss-reactive ketones (excluding diaryl/α,β-unsaturated/α-hetero) is 1. The molecule has 10 heteroatoms. The normalized spacial score (nSPS) is 11.4. The zero-order valence-corrected chi connectivity index (χ0v) is 20.7.